The molecule has 59 heavy (non-hydrogen) atoms. The number of hydrogen-bond donors (Lipinski definition) is 0. The number of hydrogen-bond acceptors (Lipinski definition) is 7. The van der Waals surface area contributed by atoms with Gasteiger partial charge >= 0.3 is 63.3 Å². The molecule has 0 bridgehead atoms. The second kappa shape index (κ2) is 42.5. The largest absolute Gasteiger partial charge is 1.00 e. The maximum Gasteiger partial charge on any atom is 1.00 e. The van der Waals surface area contributed by atoms with Gasteiger partial charge in [0.2, 0.25) is 0 Å². The molecule has 9 heteroatoms. The molecule has 0 aliphatic heterocycles. The van der Waals surface area contributed by atoms with E-state index in [1.807, 2.05) is 0 Å². The van der Waals surface area contributed by atoms with Crippen LogP contribution in [0.15, 0.2) is 47.4 Å². The van der Waals surface area contributed by atoms with Gasteiger partial charge in [0.1, 0.15) is 10.1 Å². The van der Waals surface area contributed by atoms with Crippen LogP contribution < -0.4 is 51.4 Å². The number of rotatable bonds is 41. The Labute approximate surface area is 405 Å². The molecule has 1 aromatic carbocycles. The molecule has 0 atom stereocenters. The first-order chi connectivity index (χ1) is 28.3. The van der Waals surface area contributed by atoms with Crippen molar-refractivity contribution in [2.75, 3.05) is 13.2 Å². The fourth-order valence-electron chi connectivity index (χ4n) is 7.36. The minimum Gasteiger partial charge on any atom is -0.744 e. The molecule has 0 fully saturated rings. The minimum atomic E-state index is -5.02. The third-order valence-corrected chi connectivity index (χ3v) is 11.9. The number of carbonyl (C=O) groups excluding carboxylic acids is 2. The summed E-state index contributed by atoms with van der Waals surface area (Å²) < 4.78 is 46.9. The van der Waals surface area contributed by atoms with E-state index in [0.29, 0.717) is 12.8 Å². The summed E-state index contributed by atoms with van der Waals surface area (Å²) in [5.74, 6) is -1.81. The average molecular weight is 869 g/mol. The Morgan fingerprint density at radius 2 is 0.780 bits per heavy atom. The molecule has 0 amide bonds. The molecule has 0 spiro atoms. The molecule has 7 nitrogen and oxygen atoms in total. The van der Waals surface area contributed by atoms with Gasteiger partial charge in [-0.1, -0.05) is 198 Å². The van der Waals surface area contributed by atoms with Crippen molar-refractivity contribution in [2.45, 2.75) is 237 Å². The average Bonchev–Trinajstić information content (AvgIpc) is 3.21. The summed E-state index contributed by atoms with van der Waals surface area (Å²) in [6, 6.07) is 3.64. The van der Waals surface area contributed by atoms with Crippen molar-refractivity contribution in [3.8, 4) is 0 Å². The van der Waals surface area contributed by atoms with Gasteiger partial charge in [0.15, 0.2) is 0 Å². The van der Waals surface area contributed by atoms with Gasteiger partial charge in [-0.05, 0) is 76.3 Å². The molecule has 0 unspecified atom stereocenters. The van der Waals surface area contributed by atoms with Crippen molar-refractivity contribution in [1.82, 2.24) is 0 Å². The van der Waals surface area contributed by atoms with Crippen LogP contribution in [0.2, 0.25) is 0 Å². The van der Waals surface area contributed by atoms with Crippen LogP contribution in [-0.2, 0) is 19.6 Å². The number of unbranched alkanes of at least 4 members (excludes halogenated alkanes) is 30. The second-order valence-corrected chi connectivity index (χ2v) is 17.7. The normalized spacial score (nSPS) is 11.7. The molecular weight excluding hydrogens is 784 g/mol. The van der Waals surface area contributed by atoms with Gasteiger partial charge in [-0.2, -0.15) is 0 Å². The monoisotopic (exact) mass is 869 g/mol. The Morgan fingerprint density at radius 1 is 0.475 bits per heavy atom. The van der Waals surface area contributed by atoms with Crippen LogP contribution >= 0.6 is 0 Å². The van der Waals surface area contributed by atoms with Gasteiger partial charge < -0.3 is 14.0 Å². The first-order valence-corrected chi connectivity index (χ1v) is 25.5. The maximum atomic E-state index is 13.0. The van der Waals surface area contributed by atoms with Gasteiger partial charge in [-0.15, -0.1) is 0 Å². The predicted molar refractivity (Wildman–Crippen MR) is 242 cm³/mol. The number of esters is 2. The zero-order valence-corrected chi connectivity index (χ0v) is 42.2. The molecular formula is C50H85KO7S. The SMILES string of the molecule is CCCCC/C=C/CCCCCCCCCCCCCCOC(=O)c1cccc(S(=O)(=O)[O-])c1C(=O)OCCCCCCCCCCCCCC/C=C/CCCCC.[K+]. The molecule has 1 aromatic rings. The molecule has 0 N–H and O–H groups in total. The Bertz CT molecular complexity index is 1310. The van der Waals surface area contributed by atoms with Gasteiger partial charge in [0.25, 0.3) is 0 Å². The number of benzene rings is 1. The number of allylic oxidation sites excluding steroid dienone is 4. The van der Waals surface area contributed by atoms with E-state index in [2.05, 4.69) is 38.2 Å². The Kier molecular flexibility index (Phi) is 41.9. The van der Waals surface area contributed by atoms with Crippen molar-refractivity contribution >= 4 is 22.1 Å². The molecule has 0 saturated carbocycles. The molecule has 0 aromatic heterocycles. The topological polar surface area (TPSA) is 110 Å². The van der Waals surface area contributed by atoms with E-state index in [1.165, 1.54) is 179 Å². The van der Waals surface area contributed by atoms with Crippen LogP contribution in [0.3, 0.4) is 0 Å². The van der Waals surface area contributed by atoms with Crippen molar-refractivity contribution in [2.24, 2.45) is 0 Å². The van der Waals surface area contributed by atoms with Crippen molar-refractivity contribution in [1.29, 1.82) is 0 Å². The fourth-order valence-corrected chi connectivity index (χ4v) is 8.05. The zero-order valence-electron chi connectivity index (χ0n) is 38.3. The van der Waals surface area contributed by atoms with E-state index in [0.717, 1.165) is 44.6 Å². The summed E-state index contributed by atoms with van der Waals surface area (Å²) in [7, 11) is -5.02. The summed E-state index contributed by atoms with van der Waals surface area (Å²) in [5, 5.41) is 0. The van der Waals surface area contributed by atoms with Gasteiger partial charge in [0, 0.05) is 0 Å². The number of ether oxygens (including phenoxy) is 2. The number of carbonyl (C=O) groups is 2. The standard InChI is InChI=1S/C50H86O7S.K/c1-3-5-7-9-11-13-15-17-19-21-23-25-27-29-31-33-35-37-39-44-56-49(51)46-42-41-43-47(58(53,54)55)48(46)50(52)57-45-40-38-36-34-32-30-28-26-24-22-20-18-16-14-12-10-8-6-4-2;/h11-14,41-43H,3-10,15-40,44-45H2,1-2H3,(H,53,54,55);/q;+1/p-1/b13-11+,14-12+;. The Morgan fingerprint density at radius 3 is 1.12 bits per heavy atom. The van der Waals surface area contributed by atoms with E-state index in [1.54, 1.807) is 0 Å². The van der Waals surface area contributed by atoms with Gasteiger partial charge in [-0.25, -0.2) is 18.0 Å². The van der Waals surface area contributed by atoms with Gasteiger partial charge in [0.05, 0.1) is 29.2 Å². The molecule has 0 aliphatic rings. The molecule has 0 heterocycles. The second-order valence-electron chi connectivity index (χ2n) is 16.4. The Hall–Kier alpha value is -0.814. The molecule has 1 rings (SSSR count). The molecule has 0 aliphatic carbocycles. The summed E-state index contributed by atoms with van der Waals surface area (Å²) in [5.41, 5.74) is -0.774. The van der Waals surface area contributed by atoms with Crippen molar-refractivity contribution < 1.29 is 83.4 Å². The zero-order chi connectivity index (χ0) is 42.2. The first kappa shape index (κ1) is 58.2. The summed E-state index contributed by atoms with van der Waals surface area (Å²) in [6.45, 7) is 4.74. The fraction of sp³-hybridized carbons (Fsp3) is 0.760. The third-order valence-electron chi connectivity index (χ3n) is 11.0. The van der Waals surface area contributed by atoms with Crippen molar-refractivity contribution in [3.63, 3.8) is 0 Å². The van der Waals surface area contributed by atoms with Crippen LogP contribution in [0, 0.1) is 0 Å². The van der Waals surface area contributed by atoms with E-state index < -0.39 is 32.5 Å². The van der Waals surface area contributed by atoms with Crippen molar-refractivity contribution in [3.05, 3.63) is 53.6 Å². The van der Waals surface area contributed by atoms with Crippen LogP contribution in [0.25, 0.3) is 0 Å². The van der Waals surface area contributed by atoms with E-state index in [4.69, 9.17) is 9.47 Å². The quantitative estimate of drug-likeness (QED) is 0.0212. The summed E-state index contributed by atoms with van der Waals surface area (Å²) in [4.78, 5) is 25.3. The van der Waals surface area contributed by atoms with Crippen LogP contribution in [0.4, 0.5) is 0 Å². The van der Waals surface area contributed by atoms with E-state index in [-0.39, 0.29) is 70.2 Å². The third kappa shape index (κ3) is 34.4. The first-order valence-electron chi connectivity index (χ1n) is 24.1. The summed E-state index contributed by atoms with van der Waals surface area (Å²) >= 11 is 0. The molecule has 0 radical (unpaired) electrons. The van der Waals surface area contributed by atoms with Crippen LogP contribution in [0.5, 0.6) is 0 Å². The predicted octanol–water partition coefficient (Wildman–Crippen LogP) is 12.3. The molecule has 334 valence electrons. The van der Waals surface area contributed by atoms with Crippen LogP contribution in [0.1, 0.15) is 253 Å². The smallest absolute Gasteiger partial charge is 0.744 e. The minimum absolute atomic E-state index is 0. The van der Waals surface area contributed by atoms with E-state index in [9.17, 15) is 22.6 Å². The Balaban J connectivity index is 0.0000336. The maximum absolute atomic E-state index is 13.0. The summed E-state index contributed by atoms with van der Waals surface area (Å²) in [6.07, 6.45) is 50.3. The van der Waals surface area contributed by atoms with Gasteiger partial charge in [-0.3, -0.25) is 0 Å². The van der Waals surface area contributed by atoms with Crippen LogP contribution in [-0.4, -0.2) is 38.1 Å². The molecule has 0 saturated heterocycles. The van der Waals surface area contributed by atoms with E-state index >= 15 is 0 Å².